The minimum absolute atomic E-state index is 1.14. The molecule has 0 fully saturated rings. The van der Waals surface area contributed by atoms with Gasteiger partial charge in [-0.25, -0.2) is 0 Å². The number of rotatable bonds is 5. The summed E-state index contributed by atoms with van der Waals surface area (Å²) < 4.78 is 2.43. The molecule has 1 heteroatoms. The van der Waals surface area contributed by atoms with Crippen LogP contribution in [0.25, 0.3) is 82.8 Å². The van der Waals surface area contributed by atoms with Crippen LogP contribution in [0.2, 0.25) is 0 Å². The van der Waals surface area contributed by atoms with E-state index in [4.69, 9.17) is 0 Å². The molecule has 0 radical (unpaired) electrons. The van der Waals surface area contributed by atoms with Crippen LogP contribution in [-0.2, 0) is 0 Å². The van der Waals surface area contributed by atoms with Gasteiger partial charge < -0.3 is 4.57 Å². The van der Waals surface area contributed by atoms with Crippen LogP contribution in [0.1, 0.15) is 5.56 Å². The van der Waals surface area contributed by atoms with Gasteiger partial charge in [0.25, 0.3) is 0 Å². The van der Waals surface area contributed by atoms with Gasteiger partial charge in [-0.3, -0.25) is 0 Å². The molecule has 226 valence electrons. The molecule has 0 unspecified atom stereocenters. The Balaban J connectivity index is 1.40. The molecule has 1 aromatic heterocycles. The number of aryl methyl sites for hydroxylation is 1. The van der Waals surface area contributed by atoms with E-state index in [0.29, 0.717) is 0 Å². The van der Waals surface area contributed by atoms with Crippen molar-refractivity contribution in [1.82, 2.24) is 4.57 Å². The zero-order chi connectivity index (χ0) is 32.0. The van der Waals surface area contributed by atoms with E-state index in [1.165, 1.54) is 82.6 Å². The second-order valence-corrected chi connectivity index (χ2v) is 12.6. The van der Waals surface area contributed by atoms with Crippen LogP contribution in [0.5, 0.6) is 0 Å². The summed E-state index contributed by atoms with van der Waals surface area (Å²) in [6.45, 7) is 2.18. The summed E-state index contributed by atoms with van der Waals surface area (Å²) in [5, 5.41) is 7.52. The van der Waals surface area contributed by atoms with Crippen molar-refractivity contribution >= 4 is 32.3 Å². The highest BCUT2D eigenvalue weighted by Gasteiger charge is 2.20. The van der Waals surface area contributed by atoms with Gasteiger partial charge in [-0.05, 0) is 103 Å². The second-order valence-electron chi connectivity index (χ2n) is 12.6. The average molecular weight is 612 g/mol. The van der Waals surface area contributed by atoms with Crippen LogP contribution in [0.15, 0.2) is 182 Å². The second kappa shape index (κ2) is 11.6. The van der Waals surface area contributed by atoms with E-state index in [9.17, 15) is 0 Å². The molecule has 0 N–H and O–H groups in total. The minimum Gasteiger partial charge on any atom is -0.309 e. The quantitative estimate of drug-likeness (QED) is 0.171. The highest BCUT2D eigenvalue weighted by Crippen LogP contribution is 2.45. The first-order valence-corrected chi connectivity index (χ1v) is 16.6. The molecule has 0 aliphatic rings. The molecular weight excluding hydrogens is 579 g/mol. The molecule has 0 amide bonds. The molecule has 0 atom stereocenters. The molecule has 0 saturated heterocycles. The summed E-state index contributed by atoms with van der Waals surface area (Å²) in [4.78, 5) is 0. The van der Waals surface area contributed by atoms with E-state index < -0.39 is 0 Å². The standard InChI is InChI=1S/C47H33N/c1-32-13-12-20-37(29-32)47-41-22-11-10-21-40(41)46(38-24-23-33-14-8-9-19-36(33)30-38)42-26-25-39(31-43(42)47)48-44(34-15-4-2-5-16-34)27-28-45(48)35-17-6-3-7-18-35/h2-31H,1H3. The van der Waals surface area contributed by atoms with Gasteiger partial charge in [0, 0.05) is 5.69 Å². The first-order chi connectivity index (χ1) is 23.7. The number of fused-ring (bicyclic) bond motifs is 3. The summed E-state index contributed by atoms with van der Waals surface area (Å²) in [5.41, 5.74) is 12.1. The molecule has 48 heavy (non-hydrogen) atoms. The first kappa shape index (κ1) is 28.1. The van der Waals surface area contributed by atoms with Crippen LogP contribution < -0.4 is 0 Å². The van der Waals surface area contributed by atoms with Crippen molar-refractivity contribution in [2.24, 2.45) is 0 Å². The SMILES string of the molecule is Cc1cccc(-c2c3ccccc3c(-c3ccc4ccccc4c3)c3ccc(-n4c(-c5ccccc5)ccc4-c4ccccc4)cc23)c1. The fourth-order valence-corrected chi connectivity index (χ4v) is 7.46. The molecule has 9 rings (SSSR count). The fourth-order valence-electron chi connectivity index (χ4n) is 7.46. The normalized spacial score (nSPS) is 11.4. The van der Waals surface area contributed by atoms with Crippen molar-refractivity contribution in [2.75, 3.05) is 0 Å². The fraction of sp³-hybridized carbons (Fsp3) is 0.0213. The van der Waals surface area contributed by atoms with Crippen molar-refractivity contribution in [1.29, 1.82) is 0 Å². The molecule has 1 heterocycles. The smallest absolute Gasteiger partial charge is 0.0535 e. The lowest BCUT2D eigenvalue weighted by molar-refractivity contribution is 1.10. The summed E-state index contributed by atoms with van der Waals surface area (Å²) in [7, 11) is 0. The van der Waals surface area contributed by atoms with Gasteiger partial charge >= 0.3 is 0 Å². The van der Waals surface area contributed by atoms with Crippen molar-refractivity contribution < 1.29 is 0 Å². The lowest BCUT2D eigenvalue weighted by Gasteiger charge is -2.21. The van der Waals surface area contributed by atoms with Gasteiger partial charge in [-0.1, -0.05) is 157 Å². The minimum atomic E-state index is 1.14. The summed E-state index contributed by atoms with van der Waals surface area (Å²) in [5.74, 6) is 0. The zero-order valence-corrected chi connectivity index (χ0v) is 26.8. The van der Waals surface area contributed by atoms with Crippen LogP contribution in [0.4, 0.5) is 0 Å². The third kappa shape index (κ3) is 4.71. The predicted octanol–water partition coefficient (Wildman–Crippen LogP) is 12.9. The molecule has 0 spiro atoms. The summed E-state index contributed by atoms with van der Waals surface area (Å²) >= 11 is 0. The van der Waals surface area contributed by atoms with Crippen molar-refractivity contribution in [2.45, 2.75) is 6.92 Å². The molecule has 0 saturated carbocycles. The number of hydrogen-bond acceptors (Lipinski definition) is 0. The van der Waals surface area contributed by atoms with Gasteiger partial charge in [-0.15, -0.1) is 0 Å². The van der Waals surface area contributed by atoms with E-state index in [2.05, 4.69) is 193 Å². The maximum atomic E-state index is 2.43. The maximum absolute atomic E-state index is 2.43. The van der Waals surface area contributed by atoms with Gasteiger partial charge in [0.15, 0.2) is 0 Å². The average Bonchev–Trinajstić information content (AvgIpc) is 3.59. The molecular formula is C47H33N. The first-order valence-electron chi connectivity index (χ1n) is 16.6. The van der Waals surface area contributed by atoms with Gasteiger partial charge in [0.05, 0.1) is 11.4 Å². The lowest BCUT2D eigenvalue weighted by Crippen LogP contribution is -2.00. The third-order valence-corrected chi connectivity index (χ3v) is 9.63. The summed E-state index contributed by atoms with van der Waals surface area (Å²) in [6, 6.07) is 66.4. The highest BCUT2D eigenvalue weighted by molar-refractivity contribution is 6.22. The monoisotopic (exact) mass is 611 g/mol. The number of aromatic nitrogens is 1. The maximum Gasteiger partial charge on any atom is 0.0535 e. The van der Waals surface area contributed by atoms with Crippen LogP contribution in [0.3, 0.4) is 0 Å². The van der Waals surface area contributed by atoms with Gasteiger partial charge in [-0.2, -0.15) is 0 Å². The van der Waals surface area contributed by atoms with E-state index in [0.717, 1.165) is 5.69 Å². The van der Waals surface area contributed by atoms with Gasteiger partial charge in [0.1, 0.15) is 0 Å². The largest absolute Gasteiger partial charge is 0.309 e. The Hall–Kier alpha value is -6.18. The van der Waals surface area contributed by atoms with Crippen molar-refractivity contribution in [3.05, 3.63) is 188 Å². The van der Waals surface area contributed by atoms with E-state index in [1.807, 2.05) is 0 Å². The van der Waals surface area contributed by atoms with E-state index in [-0.39, 0.29) is 0 Å². The van der Waals surface area contributed by atoms with E-state index in [1.54, 1.807) is 0 Å². The third-order valence-electron chi connectivity index (χ3n) is 9.63. The van der Waals surface area contributed by atoms with Crippen molar-refractivity contribution in [3.63, 3.8) is 0 Å². The van der Waals surface area contributed by atoms with Crippen LogP contribution >= 0.6 is 0 Å². The van der Waals surface area contributed by atoms with Crippen LogP contribution in [-0.4, -0.2) is 4.57 Å². The van der Waals surface area contributed by atoms with E-state index >= 15 is 0 Å². The summed E-state index contributed by atoms with van der Waals surface area (Å²) in [6.07, 6.45) is 0. The predicted molar refractivity (Wildman–Crippen MR) is 205 cm³/mol. The molecule has 8 aromatic carbocycles. The Bertz CT molecular complexity index is 2550. The molecule has 9 aromatic rings. The van der Waals surface area contributed by atoms with Crippen molar-refractivity contribution in [3.8, 4) is 50.5 Å². The molecule has 0 bridgehead atoms. The Labute approximate surface area is 281 Å². The Morgan fingerprint density at radius 1 is 0.333 bits per heavy atom. The lowest BCUT2D eigenvalue weighted by atomic mass is 9.85. The molecule has 0 aliphatic carbocycles. The highest BCUT2D eigenvalue weighted by atomic mass is 15.0. The molecule has 0 aliphatic heterocycles. The zero-order valence-electron chi connectivity index (χ0n) is 26.8. The van der Waals surface area contributed by atoms with Gasteiger partial charge in [0.2, 0.25) is 0 Å². The molecule has 1 nitrogen and oxygen atoms in total. The topological polar surface area (TPSA) is 4.93 Å². The Morgan fingerprint density at radius 3 is 1.54 bits per heavy atom. The Morgan fingerprint density at radius 2 is 0.875 bits per heavy atom. The Kier molecular flexibility index (Phi) is 6.76. The number of benzene rings is 8. The number of nitrogens with zero attached hydrogens (tertiary/aromatic N) is 1. The van der Waals surface area contributed by atoms with Crippen LogP contribution in [0, 0.1) is 6.92 Å². The number of hydrogen-bond donors (Lipinski definition) is 0.